The predicted octanol–water partition coefficient (Wildman–Crippen LogP) is 3.06. The number of aryl methyl sites for hydroxylation is 1. The molecule has 0 spiro atoms. The smallest absolute Gasteiger partial charge is 0.162 e. The van der Waals surface area contributed by atoms with E-state index in [1.165, 1.54) is 30.5 Å². The quantitative estimate of drug-likeness (QED) is 0.921. The second-order valence-corrected chi connectivity index (χ2v) is 6.32. The molecule has 1 fully saturated rings. The van der Waals surface area contributed by atoms with Gasteiger partial charge in [0.15, 0.2) is 5.82 Å². The Labute approximate surface area is 121 Å². The highest BCUT2D eigenvalue weighted by Gasteiger charge is 2.40. The Morgan fingerprint density at radius 2 is 2.10 bits per heavy atom. The van der Waals surface area contributed by atoms with Crippen LogP contribution in [-0.2, 0) is 23.2 Å². The van der Waals surface area contributed by atoms with Crippen molar-refractivity contribution in [1.29, 1.82) is 0 Å². The third-order valence-electron chi connectivity index (χ3n) is 4.92. The summed E-state index contributed by atoms with van der Waals surface area (Å²) in [5.41, 5.74) is 2.27. The lowest BCUT2D eigenvalue weighted by Crippen LogP contribution is -2.36. The zero-order chi connectivity index (χ0) is 14.2. The highest BCUT2D eigenvalue weighted by molar-refractivity contribution is 5.48. The third-order valence-corrected chi connectivity index (χ3v) is 4.92. The van der Waals surface area contributed by atoms with Crippen LogP contribution in [0.4, 0.5) is 5.82 Å². The summed E-state index contributed by atoms with van der Waals surface area (Å²) < 4.78 is 5.94. The van der Waals surface area contributed by atoms with Crippen LogP contribution in [-0.4, -0.2) is 24.1 Å². The largest absolute Gasteiger partial charge is 0.373 e. The van der Waals surface area contributed by atoms with Gasteiger partial charge in [-0.2, -0.15) is 0 Å². The Kier molecular flexibility index (Phi) is 3.67. The summed E-state index contributed by atoms with van der Waals surface area (Å²) in [6.07, 6.45) is 7.93. The summed E-state index contributed by atoms with van der Waals surface area (Å²) in [7, 11) is 3.77. The van der Waals surface area contributed by atoms with Crippen molar-refractivity contribution in [2.75, 3.05) is 19.5 Å². The van der Waals surface area contributed by atoms with Crippen LogP contribution >= 0.6 is 0 Å². The minimum Gasteiger partial charge on any atom is -0.373 e. The van der Waals surface area contributed by atoms with Crippen molar-refractivity contribution in [3.05, 3.63) is 17.1 Å². The molecule has 110 valence electrons. The molecule has 0 bridgehead atoms. The maximum atomic E-state index is 5.94. The van der Waals surface area contributed by atoms with Gasteiger partial charge in [0.05, 0.1) is 0 Å². The molecule has 2 atom stereocenters. The number of nitrogens with one attached hydrogen (secondary N) is 1. The van der Waals surface area contributed by atoms with Crippen molar-refractivity contribution in [2.24, 2.45) is 5.92 Å². The molecular weight excluding hydrogens is 250 g/mol. The van der Waals surface area contributed by atoms with Crippen LogP contribution in [0.25, 0.3) is 0 Å². The van der Waals surface area contributed by atoms with Crippen molar-refractivity contribution in [3.8, 4) is 0 Å². The van der Waals surface area contributed by atoms with Crippen molar-refractivity contribution < 1.29 is 4.74 Å². The fourth-order valence-corrected chi connectivity index (χ4v) is 3.83. The molecule has 0 saturated heterocycles. The van der Waals surface area contributed by atoms with Crippen LogP contribution in [0.3, 0.4) is 0 Å². The average molecular weight is 275 g/mol. The van der Waals surface area contributed by atoms with E-state index in [2.05, 4.69) is 12.2 Å². The third kappa shape index (κ3) is 2.20. The molecule has 4 nitrogen and oxygen atoms in total. The monoisotopic (exact) mass is 275 g/mol. The molecule has 0 radical (unpaired) electrons. The van der Waals surface area contributed by atoms with Gasteiger partial charge < -0.3 is 10.1 Å². The van der Waals surface area contributed by atoms with E-state index in [4.69, 9.17) is 14.7 Å². The molecule has 0 amide bonds. The van der Waals surface area contributed by atoms with E-state index in [1.54, 1.807) is 0 Å². The minimum atomic E-state index is -0.277. The van der Waals surface area contributed by atoms with Crippen LogP contribution in [0, 0.1) is 5.92 Å². The lowest BCUT2D eigenvalue weighted by molar-refractivity contribution is -0.0646. The second-order valence-electron chi connectivity index (χ2n) is 6.32. The Balaban J connectivity index is 2.04. The predicted molar refractivity (Wildman–Crippen MR) is 79.9 cm³/mol. The van der Waals surface area contributed by atoms with Crippen LogP contribution in [0.2, 0.25) is 0 Å². The first-order chi connectivity index (χ1) is 9.68. The molecule has 2 aliphatic rings. The second kappa shape index (κ2) is 5.32. The van der Waals surface area contributed by atoms with Gasteiger partial charge in [0, 0.05) is 25.4 Å². The van der Waals surface area contributed by atoms with E-state index in [0.717, 1.165) is 37.3 Å². The lowest BCUT2D eigenvalue weighted by atomic mass is 9.78. The van der Waals surface area contributed by atoms with E-state index in [0.29, 0.717) is 5.92 Å². The molecule has 2 unspecified atom stereocenters. The molecule has 0 aromatic carbocycles. The van der Waals surface area contributed by atoms with Gasteiger partial charge in [-0.1, -0.05) is 13.3 Å². The molecule has 4 heteroatoms. The fourth-order valence-electron chi connectivity index (χ4n) is 3.83. The number of fused-ring (bicyclic) bond motifs is 1. The molecule has 3 rings (SSSR count). The molecule has 1 aromatic heterocycles. The molecule has 1 N–H and O–H groups in total. The Hall–Kier alpha value is -1.16. The molecule has 1 heterocycles. The van der Waals surface area contributed by atoms with Gasteiger partial charge in [0.2, 0.25) is 0 Å². The molecule has 20 heavy (non-hydrogen) atoms. The average Bonchev–Trinajstić information content (AvgIpc) is 2.94. The van der Waals surface area contributed by atoms with Crippen molar-refractivity contribution in [1.82, 2.24) is 9.97 Å². The summed E-state index contributed by atoms with van der Waals surface area (Å²) >= 11 is 0. The highest BCUT2D eigenvalue weighted by atomic mass is 16.5. The Bertz CT molecular complexity index is 503. The van der Waals surface area contributed by atoms with Crippen molar-refractivity contribution in [3.63, 3.8) is 0 Å². The molecule has 1 saturated carbocycles. The standard InChI is InChI=1S/C16H25N3O/c1-11-6-5-9-16(10-11,20-3)15-18-13-8-4-7-12(13)14(17-2)19-15/h11H,4-10H2,1-3H3,(H,17,18,19). The minimum absolute atomic E-state index is 0.277. The van der Waals surface area contributed by atoms with E-state index >= 15 is 0 Å². The van der Waals surface area contributed by atoms with Gasteiger partial charge in [0.1, 0.15) is 11.4 Å². The number of hydrogen-bond acceptors (Lipinski definition) is 4. The van der Waals surface area contributed by atoms with E-state index < -0.39 is 0 Å². The van der Waals surface area contributed by atoms with E-state index in [1.807, 2.05) is 14.2 Å². The number of methoxy groups -OCH3 is 1. The number of hydrogen-bond donors (Lipinski definition) is 1. The van der Waals surface area contributed by atoms with Crippen LogP contribution in [0.1, 0.15) is 56.1 Å². The zero-order valence-electron chi connectivity index (χ0n) is 12.8. The summed E-state index contributed by atoms with van der Waals surface area (Å²) in [4.78, 5) is 9.70. The maximum Gasteiger partial charge on any atom is 0.162 e. The van der Waals surface area contributed by atoms with E-state index in [-0.39, 0.29) is 5.60 Å². The normalized spacial score (nSPS) is 29.2. The maximum absolute atomic E-state index is 5.94. The van der Waals surface area contributed by atoms with Crippen LogP contribution < -0.4 is 5.32 Å². The Morgan fingerprint density at radius 3 is 2.80 bits per heavy atom. The van der Waals surface area contributed by atoms with Gasteiger partial charge in [-0.25, -0.2) is 9.97 Å². The fraction of sp³-hybridized carbons (Fsp3) is 0.750. The van der Waals surface area contributed by atoms with Gasteiger partial charge >= 0.3 is 0 Å². The zero-order valence-corrected chi connectivity index (χ0v) is 12.8. The van der Waals surface area contributed by atoms with E-state index in [9.17, 15) is 0 Å². The topological polar surface area (TPSA) is 47.0 Å². The number of rotatable bonds is 3. The summed E-state index contributed by atoms with van der Waals surface area (Å²) in [6.45, 7) is 2.30. The lowest BCUT2D eigenvalue weighted by Gasteiger charge is -2.37. The molecule has 1 aromatic rings. The van der Waals surface area contributed by atoms with Gasteiger partial charge in [-0.15, -0.1) is 0 Å². The summed E-state index contributed by atoms with van der Waals surface area (Å²) in [5, 5.41) is 3.25. The van der Waals surface area contributed by atoms with Gasteiger partial charge in [-0.05, 0) is 44.4 Å². The first-order valence-corrected chi connectivity index (χ1v) is 7.81. The first-order valence-electron chi connectivity index (χ1n) is 7.81. The van der Waals surface area contributed by atoms with Crippen LogP contribution in [0.5, 0.6) is 0 Å². The van der Waals surface area contributed by atoms with Crippen molar-refractivity contribution >= 4 is 5.82 Å². The number of anilines is 1. The van der Waals surface area contributed by atoms with Gasteiger partial charge in [0.25, 0.3) is 0 Å². The first kappa shape index (κ1) is 13.8. The molecular formula is C16H25N3O. The van der Waals surface area contributed by atoms with Crippen molar-refractivity contribution in [2.45, 2.75) is 57.5 Å². The highest BCUT2D eigenvalue weighted by Crippen LogP contribution is 2.42. The molecule has 0 aliphatic heterocycles. The number of ether oxygens (including phenoxy) is 1. The van der Waals surface area contributed by atoms with Gasteiger partial charge in [-0.3, -0.25) is 0 Å². The van der Waals surface area contributed by atoms with Crippen LogP contribution in [0.15, 0.2) is 0 Å². The Morgan fingerprint density at radius 1 is 1.25 bits per heavy atom. The SMILES string of the molecule is CNc1nc(C2(OC)CCCC(C)C2)nc2c1CCC2. The number of aromatic nitrogens is 2. The molecule has 2 aliphatic carbocycles. The summed E-state index contributed by atoms with van der Waals surface area (Å²) in [6, 6.07) is 0. The summed E-state index contributed by atoms with van der Waals surface area (Å²) in [5.74, 6) is 2.59. The number of nitrogens with zero attached hydrogens (tertiary/aromatic N) is 2.